The first kappa shape index (κ1) is 17.1. The number of nitrogens with zero attached hydrogens (tertiary/aromatic N) is 3. The zero-order valence-electron chi connectivity index (χ0n) is 15.0. The number of nitrogens with one attached hydrogen (secondary N) is 1. The van der Waals surface area contributed by atoms with Gasteiger partial charge in [-0.2, -0.15) is 0 Å². The monoisotopic (exact) mass is 360 g/mol. The quantitative estimate of drug-likeness (QED) is 0.551. The highest BCUT2D eigenvalue weighted by Crippen LogP contribution is 2.25. The molecule has 0 spiro atoms. The maximum absolute atomic E-state index is 9.62. The van der Waals surface area contributed by atoms with Crippen LogP contribution < -0.4 is 10.1 Å². The van der Waals surface area contributed by atoms with Gasteiger partial charge in [-0.05, 0) is 35.4 Å². The van der Waals surface area contributed by atoms with E-state index < -0.39 is 0 Å². The first-order valence-corrected chi connectivity index (χ1v) is 8.69. The molecule has 0 radical (unpaired) electrons. The van der Waals surface area contributed by atoms with Crippen molar-refractivity contribution in [2.24, 2.45) is 0 Å². The minimum absolute atomic E-state index is 0.0290. The minimum atomic E-state index is -0.0290. The highest BCUT2D eigenvalue weighted by Gasteiger charge is 2.11. The number of hydrogen-bond acceptors (Lipinski definition) is 5. The number of rotatable bonds is 6. The summed E-state index contributed by atoms with van der Waals surface area (Å²) in [6, 6.07) is 19.5. The Kier molecular flexibility index (Phi) is 4.72. The van der Waals surface area contributed by atoms with Crippen molar-refractivity contribution in [2.75, 3.05) is 12.4 Å². The molecule has 2 aromatic heterocycles. The Hall–Kier alpha value is -3.38. The van der Waals surface area contributed by atoms with Crippen LogP contribution in [0.1, 0.15) is 11.1 Å². The molecule has 6 nitrogen and oxygen atoms in total. The van der Waals surface area contributed by atoms with E-state index in [1.54, 1.807) is 17.8 Å². The summed E-state index contributed by atoms with van der Waals surface area (Å²) in [4.78, 5) is 4.43. The summed E-state index contributed by atoms with van der Waals surface area (Å²) in [6.07, 6.45) is 1.78. The molecule has 0 aliphatic heterocycles. The summed E-state index contributed by atoms with van der Waals surface area (Å²) in [6.45, 7) is 0.624. The highest BCUT2D eigenvalue weighted by molar-refractivity contribution is 5.67. The second-order valence-corrected chi connectivity index (χ2v) is 6.15. The molecule has 6 heteroatoms. The Morgan fingerprint density at radius 2 is 1.85 bits per heavy atom. The van der Waals surface area contributed by atoms with Crippen LogP contribution in [0.15, 0.2) is 66.9 Å². The van der Waals surface area contributed by atoms with Crippen molar-refractivity contribution < 1.29 is 9.84 Å². The van der Waals surface area contributed by atoms with E-state index in [2.05, 4.69) is 15.4 Å². The fourth-order valence-electron chi connectivity index (χ4n) is 3.00. The highest BCUT2D eigenvalue weighted by atomic mass is 16.5. The van der Waals surface area contributed by atoms with E-state index in [-0.39, 0.29) is 6.61 Å². The number of aliphatic hydroxyl groups excluding tert-OH is 1. The van der Waals surface area contributed by atoms with E-state index in [0.717, 1.165) is 39.6 Å². The van der Waals surface area contributed by atoms with Gasteiger partial charge in [-0.25, -0.2) is 9.50 Å². The summed E-state index contributed by atoms with van der Waals surface area (Å²) < 4.78 is 6.98. The van der Waals surface area contributed by atoms with Crippen LogP contribution in [0, 0.1) is 0 Å². The molecule has 2 N–H and O–H groups in total. The van der Waals surface area contributed by atoms with E-state index in [1.165, 1.54) is 0 Å². The lowest BCUT2D eigenvalue weighted by atomic mass is 10.1. The van der Waals surface area contributed by atoms with Crippen LogP contribution in [0.2, 0.25) is 0 Å². The van der Waals surface area contributed by atoms with Crippen molar-refractivity contribution >= 4 is 11.5 Å². The summed E-state index contributed by atoms with van der Waals surface area (Å²) in [5, 5.41) is 17.6. The van der Waals surface area contributed by atoms with Crippen molar-refractivity contribution in [2.45, 2.75) is 13.2 Å². The molecule has 2 aromatic carbocycles. The summed E-state index contributed by atoms with van der Waals surface area (Å²) in [7, 11) is 1.66. The van der Waals surface area contributed by atoms with Crippen LogP contribution in [0.25, 0.3) is 16.9 Å². The van der Waals surface area contributed by atoms with Gasteiger partial charge in [0.2, 0.25) is 0 Å². The van der Waals surface area contributed by atoms with Gasteiger partial charge in [0.15, 0.2) is 5.65 Å². The summed E-state index contributed by atoms with van der Waals surface area (Å²) in [5.74, 6) is 1.59. The number of anilines is 1. The first-order valence-electron chi connectivity index (χ1n) is 8.69. The third-order valence-corrected chi connectivity index (χ3v) is 4.46. The Morgan fingerprint density at radius 1 is 1.04 bits per heavy atom. The van der Waals surface area contributed by atoms with Crippen LogP contribution in [0.4, 0.5) is 5.82 Å². The molecule has 0 saturated carbocycles. The van der Waals surface area contributed by atoms with Gasteiger partial charge in [0.05, 0.1) is 25.6 Å². The molecule has 0 saturated heterocycles. The molecular weight excluding hydrogens is 340 g/mol. The summed E-state index contributed by atoms with van der Waals surface area (Å²) >= 11 is 0. The van der Waals surface area contributed by atoms with Gasteiger partial charge >= 0.3 is 0 Å². The number of aromatic nitrogens is 3. The standard InChI is InChI=1S/C21H20N4O2/c1-27-17-8-6-15(7-9-17)12-22-20-10-11-21-23-13-19(25(21)24-20)18-5-3-2-4-16(18)14-26/h2-11,13,26H,12,14H2,1H3,(H,22,24). The molecule has 0 unspecified atom stereocenters. The number of fused-ring (bicyclic) bond motifs is 1. The van der Waals surface area contributed by atoms with Gasteiger partial charge in [0.25, 0.3) is 0 Å². The molecule has 4 aromatic rings. The largest absolute Gasteiger partial charge is 0.497 e. The van der Waals surface area contributed by atoms with Gasteiger partial charge in [0, 0.05) is 12.1 Å². The van der Waals surface area contributed by atoms with Gasteiger partial charge in [-0.3, -0.25) is 0 Å². The SMILES string of the molecule is COc1ccc(CNc2ccc3ncc(-c4ccccc4CO)n3n2)cc1. The topological polar surface area (TPSA) is 71.7 Å². The van der Waals surface area contributed by atoms with E-state index in [1.807, 2.05) is 60.7 Å². The van der Waals surface area contributed by atoms with Crippen LogP contribution in [0.5, 0.6) is 5.75 Å². The van der Waals surface area contributed by atoms with Crippen molar-refractivity contribution in [1.82, 2.24) is 14.6 Å². The number of methoxy groups -OCH3 is 1. The van der Waals surface area contributed by atoms with Crippen LogP contribution in [0.3, 0.4) is 0 Å². The van der Waals surface area contributed by atoms with Crippen LogP contribution >= 0.6 is 0 Å². The Morgan fingerprint density at radius 3 is 2.63 bits per heavy atom. The average Bonchev–Trinajstić information content (AvgIpc) is 3.15. The van der Waals surface area contributed by atoms with Crippen molar-refractivity contribution in [1.29, 1.82) is 0 Å². The molecule has 0 fully saturated rings. The first-order chi connectivity index (χ1) is 13.3. The molecule has 4 rings (SSSR count). The number of hydrogen-bond donors (Lipinski definition) is 2. The third-order valence-electron chi connectivity index (χ3n) is 4.46. The second kappa shape index (κ2) is 7.47. The zero-order valence-corrected chi connectivity index (χ0v) is 15.0. The van der Waals surface area contributed by atoms with Crippen LogP contribution in [-0.2, 0) is 13.2 Å². The van der Waals surface area contributed by atoms with Gasteiger partial charge in [-0.1, -0.05) is 36.4 Å². The molecular formula is C21H20N4O2. The molecule has 136 valence electrons. The molecule has 0 aliphatic rings. The van der Waals surface area contributed by atoms with Crippen molar-refractivity contribution in [3.05, 3.63) is 78.0 Å². The summed E-state index contributed by atoms with van der Waals surface area (Å²) in [5.41, 5.74) is 4.51. The van der Waals surface area contributed by atoms with Gasteiger partial charge in [-0.15, -0.1) is 5.10 Å². The van der Waals surface area contributed by atoms with E-state index >= 15 is 0 Å². The van der Waals surface area contributed by atoms with Gasteiger partial charge in [0.1, 0.15) is 11.6 Å². The van der Waals surface area contributed by atoms with E-state index in [4.69, 9.17) is 4.74 Å². The molecule has 2 heterocycles. The van der Waals surface area contributed by atoms with E-state index in [9.17, 15) is 5.11 Å². The fraction of sp³-hybridized carbons (Fsp3) is 0.143. The lowest BCUT2D eigenvalue weighted by Gasteiger charge is -2.09. The Labute approximate surface area is 157 Å². The molecule has 27 heavy (non-hydrogen) atoms. The Bertz CT molecular complexity index is 1060. The maximum atomic E-state index is 9.62. The number of imidazole rings is 1. The van der Waals surface area contributed by atoms with Crippen molar-refractivity contribution in [3.63, 3.8) is 0 Å². The predicted molar refractivity (Wildman–Crippen MR) is 105 cm³/mol. The average molecular weight is 360 g/mol. The smallest absolute Gasteiger partial charge is 0.154 e. The lowest BCUT2D eigenvalue weighted by Crippen LogP contribution is -2.05. The molecule has 0 aliphatic carbocycles. The normalized spacial score (nSPS) is 10.9. The predicted octanol–water partition coefficient (Wildman–Crippen LogP) is 3.51. The van der Waals surface area contributed by atoms with Gasteiger partial charge < -0.3 is 15.2 Å². The Balaban J connectivity index is 1.61. The minimum Gasteiger partial charge on any atom is -0.497 e. The number of benzene rings is 2. The molecule has 0 amide bonds. The number of ether oxygens (including phenoxy) is 1. The third kappa shape index (κ3) is 3.47. The molecule has 0 bridgehead atoms. The number of aliphatic hydroxyl groups is 1. The van der Waals surface area contributed by atoms with E-state index in [0.29, 0.717) is 6.54 Å². The lowest BCUT2D eigenvalue weighted by molar-refractivity contribution is 0.282. The fourth-order valence-corrected chi connectivity index (χ4v) is 3.00. The van der Waals surface area contributed by atoms with Crippen molar-refractivity contribution in [3.8, 4) is 17.0 Å². The zero-order chi connectivity index (χ0) is 18.6. The maximum Gasteiger partial charge on any atom is 0.154 e. The second-order valence-electron chi connectivity index (χ2n) is 6.15. The van der Waals surface area contributed by atoms with Crippen LogP contribution in [-0.4, -0.2) is 26.8 Å². The molecule has 0 atom stereocenters.